The molecule has 154 valence electrons. The van der Waals surface area contributed by atoms with Gasteiger partial charge in [-0.05, 0) is 36.4 Å². The lowest BCUT2D eigenvalue weighted by molar-refractivity contribution is -0.890. The Balaban J connectivity index is 1.63. The SMILES string of the molecule is COc1ccc([C@H](CNC(=O)[C@@H]2CC(=O)N(c3ccccc3F)C2)[NH+](C)C)cc1. The van der Waals surface area contributed by atoms with Crippen LogP contribution in [0.2, 0.25) is 0 Å². The van der Waals surface area contributed by atoms with E-state index in [2.05, 4.69) is 5.32 Å². The van der Waals surface area contributed by atoms with E-state index in [1.807, 2.05) is 38.4 Å². The number of hydrogen-bond donors (Lipinski definition) is 2. The number of nitrogens with one attached hydrogen (secondary N) is 2. The number of rotatable bonds is 7. The van der Waals surface area contributed by atoms with Crippen molar-refractivity contribution in [3.05, 3.63) is 59.9 Å². The van der Waals surface area contributed by atoms with Crippen molar-refractivity contribution in [1.29, 1.82) is 0 Å². The minimum Gasteiger partial charge on any atom is -0.497 e. The first-order valence-corrected chi connectivity index (χ1v) is 9.67. The van der Waals surface area contributed by atoms with Gasteiger partial charge in [-0.1, -0.05) is 12.1 Å². The smallest absolute Gasteiger partial charge is 0.227 e. The van der Waals surface area contributed by atoms with E-state index in [0.717, 1.165) is 11.3 Å². The summed E-state index contributed by atoms with van der Waals surface area (Å²) in [6, 6.07) is 14.0. The molecular weight excluding hydrogens is 373 g/mol. The van der Waals surface area contributed by atoms with Crippen molar-refractivity contribution in [2.75, 3.05) is 39.2 Å². The van der Waals surface area contributed by atoms with E-state index in [4.69, 9.17) is 4.74 Å². The molecule has 1 saturated heterocycles. The molecule has 1 aliphatic heterocycles. The number of quaternary nitrogens is 1. The number of hydrogen-bond acceptors (Lipinski definition) is 3. The van der Waals surface area contributed by atoms with Gasteiger partial charge in [0.2, 0.25) is 11.8 Å². The van der Waals surface area contributed by atoms with Crippen molar-refractivity contribution in [2.24, 2.45) is 5.92 Å². The van der Waals surface area contributed by atoms with Crippen LogP contribution in [-0.4, -0.2) is 46.1 Å². The van der Waals surface area contributed by atoms with Crippen molar-refractivity contribution in [2.45, 2.75) is 12.5 Å². The van der Waals surface area contributed by atoms with Crippen molar-refractivity contribution in [3.8, 4) is 5.75 Å². The number of methoxy groups -OCH3 is 1. The Hall–Kier alpha value is -2.93. The number of amides is 2. The topological polar surface area (TPSA) is 63.1 Å². The Bertz CT molecular complexity index is 870. The molecule has 0 aliphatic carbocycles. The standard InChI is InChI=1S/C22H26FN3O3/c1-25(2)20(15-8-10-17(29-3)11-9-15)13-24-22(28)16-12-21(27)26(14-16)19-7-5-4-6-18(19)23/h4-11,16,20H,12-14H2,1-3H3,(H,24,28)/p+1/t16-,20+/m1/s1. The number of benzene rings is 2. The highest BCUT2D eigenvalue weighted by Crippen LogP contribution is 2.27. The first-order chi connectivity index (χ1) is 13.9. The molecule has 0 radical (unpaired) electrons. The van der Waals surface area contributed by atoms with Gasteiger partial charge in [0.15, 0.2) is 0 Å². The zero-order valence-electron chi connectivity index (χ0n) is 16.9. The summed E-state index contributed by atoms with van der Waals surface area (Å²) in [5.41, 5.74) is 1.31. The summed E-state index contributed by atoms with van der Waals surface area (Å²) in [5.74, 6) is -0.589. The Labute approximate surface area is 170 Å². The maximum absolute atomic E-state index is 14.0. The van der Waals surface area contributed by atoms with E-state index >= 15 is 0 Å². The van der Waals surface area contributed by atoms with Gasteiger partial charge in [-0.3, -0.25) is 9.59 Å². The zero-order chi connectivity index (χ0) is 21.0. The summed E-state index contributed by atoms with van der Waals surface area (Å²) >= 11 is 0. The van der Waals surface area contributed by atoms with Gasteiger partial charge < -0.3 is 19.9 Å². The first kappa shape index (κ1) is 20.8. The van der Waals surface area contributed by atoms with E-state index in [0.29, 0.717) is 6.54 Å². The molecule has 1 fully saturated rings. The predicted molar refractivity (Wildman–Crippen MR) is 108 cm³/mol. The molecule has 29 heavy (non-hydrogen) atoms. The van der Waals surface area contributed by atoms with Gasteiger partial charge >= 0.3 is 0 Å². The lowest BCUT2D eigenvalue weighted by Gasteiger charge is -2.23. The largest absolute Gasteiger partial charge is 0.497 e. The fraction of sp³-hybridized carbons (Fsp3) is 0.364. The second-order valence-corrected chi connectivity index (χ2v) is 7.51. The maximum atomic E-state index is 14.0. The number of halogens is 1. The van der Waals surface area contributed by atoms with E-state index in [9.17, 15) is 14.0 Å². The first-order valence-electron chi connectivity index (χ1n) is 9.67. The normalized spacial score (nSPS) is 17.5. The molecule has 2 N–H and O–H groups in total. The molecule has 1 heterocycles. The molecule has 0 spiro atoms. The third-order valence-electron chi connectivity index (χ3n) is 5.33. The van der Waals surface area contributed by atoms with Crippen LogP contribution in [0.4, 0.5) is 10.1 Å². The molecule has 6 nitrogen and oxygen atoms in total. The van der Waals surface area contributed by atoms with Crippen LogP contribution in [0.25, 0.3) is 0 Å². The van der Waals surface area contributed by atoms with Gasteiger partial charge in [0, 0.05) is 18.5 Å². The molecule has 3 rings (SSSR count). The van der Waals surface area contributed by atoms with E-state index < -0.39 is 11.7 Å². The van der Waals surface area contributed by atoms with Crippen molar-refractivity contribution >= 4 is 17.5 Å². The lowest BCUT2D eigenvalue weighted by atomic mass is 10.0. The van der Waals surface area contributed by atoms with Gasteiger partial charge in [-0.25, -0.2) is 4.39 Å². The zero-order valence-corrected chi connectivity index (χ0v) is 16.9. The van der Waals surface area contributed by atoms with Gasteiger partial charge in [-0.2, -0.15) is 0 Å². The van der Waals surface area contributed by atoms with Crippen molar-refractivity contribution in [3.63, 3.8) is 0 Å². The van der Waals surface area contributed by atoms with Crippen LogP contribution >= 0.6 is 0 Å². The van der Waals surface area contributed by atoms with E-state index in [-0.39, 0.29) is 36.5 Å². The number of carbonyl (C=O) groups is 2. The monoisotopic (exact) mass is 400 g/mol. The number of ether oxygens (including phenoxy) is 1. The number of carbonyl (C=O) groups excluding carboxylic acids is 2. The predicted octanol–water partition coefficient (Wildman–Crippen LogP) is 1.19. The summed E-state index contributed by atoms with van der Waals surface area (Å²) < 4.78 is 19.2. The summed E-state index contributed by atoms with van der Waals surface area (Å²) in [6.07, 6.45) is 0.0855. The second kappa shape index (κ2) is 9.05. The minimum absolute atomic E-state index is 0.0598. The average Bonchev–Trinajstić information content (AvgIpc) is 3.10. The molecule has 1 aliphatic rings. The van der Waals surface area contributed by atoms with Crippen LogP contribution in [0.3, 0.4) is 0 Å². The molecule has 2 amide bonds. The summed E-state index contributed by atoms with van der Waals surface area (Å²) in [7, 11) is 5.68. The Morgan fingerprint density at radius 1 is 1.24 bits per heavy atom. The molecule has 7 heteroatoms. The molecular formula is C22H27FN3O3+. The number of anilines is 1. The molecule has 0 unspecified atom stereocenters. The van der Waals surface area contributed by atoms with Crippen LogP contribution in [0.15, 0.2) is 48.5 Å². The van der Waals surface area contributed by atoms with Gasteiger partial charge in [0.25, 0.3) is 0 Å². The quantitative estimate of drug-likeness (QED) is 0.734. The minimum atomic E-state index is -0.490. The third kappa shape index (κ3) is 4.74. The highest BCUT2D eigenvalue weighted by Gasteiger charge is 2.36. The Morgan fingerprint density at radius 3 is 2.55 bits per heavy atom. The Morgan fingerprint density at radius 2 is 1.93 bits per heavy atom. The molecule has 0 aromatic heterocycles. The van der Waals surface area contributed by atoms with Crippen LogP contribution < -0.4 is 19.9 Å². The second-order valence-electron chi connectivity index (χ2n) is 7.51. The van der Waals surface area contributed by atoms with Crippen LogP contribution in [0.1, 0.15) is 18.0 Å². The van der Waals surface area contributed by atoms with E-state index in [1.165, 1.54) is 15.9 Å². The number of likely N-dealkylation sites (N-methyl/N-ethyl adjacent to an activating group) is 1. The maximum Gasteiger partial charge on any atom is 0.227 e. The van der Waals surface area contributed by atoms with Gasteiger partial charge in [0.05, 0.1) is 39.4 Å². The van der Waals surface area contributed by atoms with Crippen molar-refractivity contribution in [1.82, 2.24) is 5.32 Å². The highest BCUT2D eigenvalue weighted by atomic mass is 19.1. The average molecular weight is 400 g/mol. The van der Waals surface area contributed by atoms with Crippen LogP contribution in [0, 0.1) is 11.7 Å². The molecule has 2 aromatic rings. The van der Waals surface area contributed by atoms with Gasteiger partial charge in [-0.15, -0.1) is 0 Å². The summed E-state index contributed by atoms with van der Waals surface area (Å²) in [5, 5.41) is 2.98. The Kier molecular flexibility index (Phi) is 6.49. The fourth-order valence-electron chi connectivity index (χ4n) is 3.63. The summed E-state index contributed by atoms with van der Waals surface area (Å²) in [6.45, 7) is 0.630. The highest BCUT2D eigenvalue weighted by molar-refractivity contribution is 6.00. The third-order valence-corrected chi connectivity index (χ3v) is 5.33. The lowest BCUT2D eigenvalue weighted by Crippen LogP contribution is -3.07. The molecule has 0 saturated carbocycles. The summed E-state index contributed by atoms with van der Waals surface area (Å²) in [4.78, 5) is 27.6. The number of nitrogens with zero attached hydrogens (tertiary/aromatic N) is 1. The molecule has 2 aromatic carbocycles. The van der Waals surface area contributed by atoms with Crippen LogP contribution in [0.5, 0.6) is 5.75 Å². The fourth-order valence-corrected chi connectivity index (χ4v) is 3.63. The number of para-hydroxylation sites is 1. The molecule has 0 bridgehead atoms. The van der Waals surface area contributed by atoms with E-state index in [1.54, 1.807) is 25.3 Å². The van der Waals surface area contributed by atoms with Crippen molar-refractivity contribution < 1.29 is 23.6 Å². The van der Waals surface area contributed by atoms with Gasteiger partial charge in [0.1, 0.15) is 17.6 Å². The van der Waals surface area contributed by atoms with Crippen LogP contribution in [-0.2, 0) is 9.59 Å². The molecule has 2 atom stereocenters.